The number of terminal acetylenes is 1. The summed E-state index contributed by atoms with van der Waals surface area (Å²) in [6.07, 6.45) is -0.258. The van der Waals surface area contributed by atoms with Gasteiger partial charge in [-0.2, -0.15) is 0 Å². The standard InChI is InChI=1S/C17H28O7/c1-7-8-11(22-6)17(5)12(19)14(20)24-13(17)10(18)9-23-15(21)16(2,3)4/h1,10-14,18-20H,8-9H2,2-6H3/t10-,11-,12+,13-,14?,17+/m1/s1. The fraction of sp³-hybridized carbons (Fsp3) is 0.824. The Kier molecular flexibility index (Phi) is 6.79. The summed E-state index contributed by atoms with van der Waals surface area (Å²) in [6.45, 7) is 6.36. The van der Waals surface area contributed by atoms with Crippen molar-refractivity contribution in [2.45, 2.75) is 64.8 Å². The third-order valence-corrected chi connectivity index (χ3v) is 4.44. The Labute approximate surface area is 142 Å². The van der Waals surface area contributed by atoms with Crippen molar-refractivity contribution in [1.82, 2.24) is 0 Å². The molecule has 0 amide bonds. The van der Waals surface area contributed by atoms with E-state index in [1.165, 1.54) is 7.11 Å². The van der Waals surface area contributed by atoms with E-state index >= 15 is 0 Å². The Hall–Kier alpha value is -1.17. The van der Waals surface area contributed by atoms with Crippen molar-refractivity contribution >= 4 is 5.97 Å². The number of carbonyl (C=O) groups is 1. The van der Waals surface area contributed by atoms with Crippen LogP contribution in [-0.2, 0) is 19.0 Å². The van der Waals surface area contributed by atoms with Gasteiger partial charge in [0.1, 0.15) is 24.9 Å². The van der Waals surface area contributed by atoms with Gasteiger partial charge in [0.05, 0.1) is 16.9 Å². The van der Waals surface area contributed by atoms with Gasteiger partial charge >= 0.3 is 5.97 Å². The van der Waals surface area contributed by atoms with Gasteiger partial charge in [-0.05, 0) is 20.8 Å². The summed E-state index contributed by atoms with van der Waals surface area (Å²) in [7, 11) is 1.42. The summed E-state index contributed by atoms with van der Waals surface area (Å²) in [5.74, 6) is 1.97. The van der Waals surface area contributed by atoms with E-state index in [-0.39, 0.29) is 13.0 Å². The highest BCUT2D eigenvalue weighted by Crippen LogP contribution is 2.44. The number of esters is 1. The normalized spacial score (nSPS) is 32.9. The number of aliphatic hydroxyl groups excluding tert-OH is 3. The maximum Gasteiger partial charge on any atom is 0.311 e. The molecule has 6 atom stereocenters. The van der Waals surface area contributed by atoms with Crippen LogP contribution in [0.15, 0.2) is 0 Å². The number of rotatable bonds is 6. The number of carbonyl (C=O) groups excluding carboxylic acids is 1. The molecule has 0 aromatic rings. The molecule has 0 saturated carbocycles. The molecular formula is C17H28O7. The molecule has 138 valence electrons. The molecule has 1 aliphatic rings. The van der Waals surface area contributed by atoms with Gasteiger partial charge in [-0.15, -0.1) is 12.3 Å². The second kappa shape index (κ2) is 7.81. The van der Waals surface area contributed by atoms with Crippen LogP contribution in [0.3, 0.4) is 0 Å². The molecule has 1 rings (SSSR count). The topological polar surface area (TPSA) is 105 Å². The average molecular weight is 344 g/mol. The first-order valence-electron chi connectivity index (χ1n) is 7.83. The quantitative estimate of drug-likeness (QED) is 0.462. The minimum atomic E-state index is -1.50. The van der Waals surface area contributed by atoms with Gasteiger partial charge in [0.25, 0.3) is 0 Å². The van der Waals surface area contributed by atoms with Gasteiger partial charge < -0.3 is 29.5 Å². The Bertz CT molecular complexity index is 478. The minimum absolute atomic E-state index is 0.158. The monoisotopic (exact) mass is 344 g/mol. The SMILES string of the molecule is C#CC[C@@H](OC)[C@]1(C)[C@@H]([C@H](O)COC(=O)C(C)(C)C)OC(O)[C@@H]1O. The highest BCUT2D eigenvalue weighted by atomic mass is 16.6. The van der Waals surface area contributed by atoms with Crippen LogP contribution < -0.4 is 0 Å². The summed E-state index contributed by atoms with van der Waals surface area (Å²) in [5.41, 5.74) is -1.88. The van der Waals surface area contributed by atoms with E-state index in [0.29, 0.717) is 0 Å². The largest absolute Gasteiger partial charge is 0.462 e. The molecule has 0 spiro atoms. The van der Waals surface area contributed by atoms with Crippen LogP contribution >= 0.6 is 0 Å². The third kappa shape index (κ3) is 4.08. The van der Waals surface area contributed by atoms with Crippen molar-refractivity contribution in [1.29, 1.82) is 0 Å². The number of methoxy groups -OCH3 is 1. The molecule has 0 aromatic heterocycles. The van der Waals surface area contributed by atoms with E-state index < -0.39 is 47.5 Å². The summed E-state index contributed by atoms with van der Waals surface area (Å²) >= 11 is 0. The van der Waals surface area contributed by atoms with E-state index in [4.69, 9.17) is 20.6 Å². The van der Waals surface area contributed by atoms with Gasteiger partial charge in [-0.25, -0.2) is 0 Å². The lowest BCUT2D eigenvalue weighted by Crippen LogP contribution is -2.53. The number of hydrogen-bond donors (Lipinski definition) is 3. The molecule has 0 aromatic carbocycles. The maximum absolute atomic E-state index is 11.8. The molecule has 1 unspecified atom stereocenters. The molecule has 7 nitrogen and oxygen atoms in total. The van der Waals surface area contributed by atoms with Crippen LogP contribution in [0.1, 0.15) is 34.1 Å². The summed E-state index contributed by atoms with van der Waals surface area (Å²) in [6, 6.07) is 0. The number of ether oxygens (including phenoxy) is 3. The Morgan fingerprint density at radius 2 is 2.00 bits per heavy atom. The predicted molar refractivity (Wildman–Crippen MR) is 85.7 cm³/mol. The van der Waals surface area contributed by atoms with E-state index in [9.17, 15) is 20.1 Å². The second-order valence-electron chi connectivity index (χ2n) is 7.31. The molecule has 1 saturated heterocycles. The van der Waals surface area contributed by atoms with Crippen LogP contribution in [0.2, 0.25) is 0 Å². The molecule has 24 heavy (non-hydrogen) atoms. The molecular weight excluding hydrogens is 316 g/mol. The van der Waals surface area contributed by atoms with Gasteiger partial charge in [0.2, 0.25) is 0 Å². The average Bonchev–Trinajstić information content (AvgIpc) is 2.74. The fourth-order valence-electron chi connectivity index (χ4n) is 2.85. The zero-order valence-electron chi connectivity index (χ0n) is 14.9. The fourth-order valence-corrected chi connectivity index (χ4v) is 2.85. The van der Waals surface area contributed by atoms with E-state index in [1.807, 2.05) is 0 Å². The zero-order chi connectivity index (χ0) is 18.7. The van der Waals surface area contributed by atoms with Gasteiger partial charge in [-0.1, -0.05) is 6.92 Å². The third-order valence-electron chi connectivity index (χ3n) is 4.44. The first kappa shape index (κ1) is 20.9. The van der Waals surface area contributed by atoms with Crippen molar-refractivity contribution in [2.75, 3.05) is 13.7 Å². The van der Waals surface area contributed by atoms with Crippen LogP contribution in [0.4, 0.5) is 0 Å². The Morgan fingerprint density at radius 1 is 1.42 bits per heavy atom. The van der Waals surface area contributed by atoms with E-state index in [1.54, 1.807) is 27.7 Å². The first-order valence-corrected chi connectivity index (χ1v) is 7.83. The summed E-state index contributed by atoms with van der Waals surface area (Å²) < 4.78 is 15.8. The van der Waals surface area contributed by atoms with Crippen LogP contribution in [0, 0.1) is 23.2 Å². The Morgan fingerprint density at radius 3 is 2.46 bits per heavy atom. The molecule has 0 bridgehead atoms. The smallest absolute Gasteiger partial charge is 0.311 e. The zero-order valence-corrected chi connectivity index (χ0v) is 14.9. The molecule has 3 N–H and O–H groups in total. The predicted octanol–water partition coefficient (Wildman–Crippen LogP) is 0.0593. The first-order chi connectivity index (χ1) is 11.0. The lowest BCUT2D eigenvalue weighted by molar-refractivity contribution is -0.171. The minimum Gasteiger partial charge on any atom is -0.462 e. The molecule has 0 radical (unpaired) electrons. The lowest BCUT2D eigenvalue weighted by atomic mass is 9.72. The van der Waals surface area contributed by atoms with Crippen LogP contribution in [-0.4, -0.2) is 65.7 Å². The van der Waals surface area contributed by atoms with Crippen LogP contribution in [0.25, 0.3) is 0 Å². The lowest BCUT2D eigenvalue weighted by Gasteiger charge is -2.39. The summed E-state index contributed by atoms with van der Waals surface area (Å²) in [4.78, 5) is 11.8. The maximum atomic E-state index is 11.8. The highest BCUT2D eigenvalue weighted by molar-refractivity contribution is 5.75. The highest BCUT2D eigenvalue weighted by Gasteiger charge is 2.59. The molecule has 1 fully saturated rings. The second-order valence-corrected chi connectivity index (χ2v) is 7.31. The Balaban J connectivity index is 2.94. The number of hydrogen-bond acceptors (Lipinski definition) is 7. The van der Waals surface area contributed by atoms with Gasteiger partial charge in [0, 0.05) is 13.5 Å². The van der Waals surface area contributed by atoms with Crippen molar-refractivity contribution < 1.29 is 34.3 Å². The van der Waals surface area contributed by atoms with Gasteiger partial charge in [0.15, 0.2) is 6.29 Å². The number of aliphatic hydroxyl groups is 3. The van der Waals surface area contributed by atoms with Crippen molar-refractivity contribution in [3.63, 3.8) is 0 Å². The van der Waals surface area contributed by atoms with Gasteiger partial charge in [-0.3, -0.25) is 4.79 Å². The molecule has 1 heterocycles. The molecule has 1 aliphatic heterocycles. The van der Waals surface area contributed by atoms with Crippen molar-refractivity contribution in [3.8, 4) is 12.3 Å². The molecule has 7 heteroatoms. The van der Waals surface area contributed by atoms with Crippen molar-refractivity contribution in [3.05, 3.63) is 0 Å². The van der Waals surface area contributed by atoms with Crippen LogP contribution in [0.5, 0.6) is 0 Å². The summed E-state index contributed by atoms with van der Waals surface area (Å²) in [5, 5.41) is 30.6. The van der Waals surface area contributed by atoms with E-state index in [2.05, 4.69) is 5.92 Å². The van der Waals surface area contributed by atoms with Crippen molar-refractivity contribution in [2.24, 2.45) is 10.8 Å². The van der Waals surface area contributed by atoms with E-state index in [0.717, 1.165) is 0 Å². The molecule has 0 aliphatic carbocycles.